The summed E-state index contributed by atoms with van der Waals surface area (Å²) in [6.07, 6.45) is 4.16. The number of nitrogens with one attached hydrogen (secondary N) is 1. The topological polar surface area (TPSA) is 52.5 Å². The first kappa shape index (κ1) is 14.2. The molecule has 5 heteroatoms. The number of rotatable bonds is 7. The van der Waals surface area contributed by atoms with Crippen LogP contribution < -0.4 is 10.9 Å². The molecule has 1 aliphatic rings. The summed E-state index contributed by atoms with van der Waals surface area (Å²) in [5.74, 6) is 0. The van der Waals surface area contributed by atoms with Crippen LogP contribution in [0.2, 0.25) is 0 Å². The molecule has 2 heterocycles. The molecular formula is C14H22N2O3. The molecule has 1 atom stereocenters. The molecule has 1 aromatic heterocycles. The second-order valence-electron chi connectivity index (χ2n) is 4.80. The van der Waals surface area contributed by atoms with Crippen molar-refractivity contribution < 1.29 is 9.47 Å². The summed E-state index contributed by atoms with van der Waals surface area (Å²) >= 11 is 0. The van der Waals surface area contributed by atoms with E-state index in [1.165, 1.54) is 0 Å². The minimum Gasteiger partial charge on any atom is -0.383 e. The van der Waals surface area contributed by atoms with Crippen molar-refractivity contribution in [3.05, 3.63) is 34.2 Å². The Morgan fingerprint density at radius 2 is 2.47 bits per heavy atom. The highest BCUT2D eigenvalue weighted by Crippen LogP contribution is 2.13. The van der Waals surface area contributed by atoms with Crippen molar-refractivity contribution in [2.24, 2.45) is 0 Å². The highest BCUT2D eigenvalue weighted by Gasteiger charge is 2.16. The molecule has 1 aliphatic heterocycles. The van der Waals surface area contributed by atoms with Crippen molar-refractivity contribution in [2.75, 3.05) is 26.9 Å². The number of pyridine rings is 1. The van der Waals surface area contributed by atoms with Gasteiger partial charge in [-0.3, -0.25) is 4.79 Å². The Hall–Kier alpha value is -1.17. The number of hydrogen-bond donors (Lipinski definition) is 1. The third-order valence-corrected chi connectivity index (χ3v) is 3.32. The Labute approximate surface area is 113 Å². The van der Waals surface area contributed by atoms with Gasteiger partial charge in [-0.1, -0.05) is 6.07 Å². The number of methoxy groups -OCH3 is 1. The van der Waals surface area contributed by atoms with Crippen molar-refractivity contribution in [3.8, 4) is 0 Å². The highest BCUT2D eigenvalue weighted by atomic mass is 16.5. The number of nitrogens with zero attached hydrogens (tertiary/aromatic N) is 1. The maximum Gasteiger partial charge on any atom is 0.255 e. The van der Waals surface area contributed by atoms with E-state index in [1.54, 1.807) is 11.7 Å². The number of ether oxygens (including phenoxy) is 2. The largest absolute Gasteiger partial charge is 0.383 e. The van der Waals surface area contributed by atoms with E-state index in [0.717, 1.165) is 31.6 Å². The zero-order chi connectivity index (χ0) is 13.5. The molecule has 0 saturated carbocycles. The first-order chi connectivity index (χ1) is 9.31. The van der Waals surface area contributed by atoms with E-state index in [-0.39, 0.29) is 11.7 Å². The first-order valence-electron chi connectivity index (χ1n) is 6.81. The summed E-state index contributed by atoms with van der Waals surface area (Å²) < 4.78 is 12.3. The lowest BCUT2D eigenvalue weighted by Gasteiger charge is -2.13. The molecule has 1 aromatic rings. The van der Waals surface area contributed by atoms with E-state index < -0.39 is 0 Å². The Morgan fingerprint density at radius 3 is 3.21 bits per heavy atom. The fourth-order valence-electron chi connectivity index (χ4n) is 2.27. The molecule has 0 aliphatic carbocycles. The summed E-state index contributed by atoms with van der Waals surface area (Å²) in [5, 5.41) is 3.19. The fraction of sp³-hybridized carbons (Fsp3) is 0.643. The molecule has 0 spiro atoms. The Bertz CT molecular complexity index is 439. The maximum absolute atomic E-state index is 12.3. The molecular weight excluding hydrogens is 244 g/mol. The molecule has 2 rings (SSSR count). The van der Waals surface area contributed by atoms with E-state index in [2.05, 4.69) is 5.32 Å². The third kappa shape index (κ3) is 4.16. The van der Waals surface area contributed by atoms with E-state index >= 15 is 0 Å². The SMILES string of the molecule is COCCNCc1cccn(CC2CCCO2)c1=O. The summed E-state index contributed by atoms with van der Waals surface area (Å²) in [6, 6.07) is 3.79. The zero-order valence-corrected chi connectivity index (χ0v) is 11.4. The molecule has 1 fully saturated rings. The van der Waals surface area contributed by atoms with E-state index in [4.69, 9.17) is 9.47 Å². The second kappa shape index (κ2) is 7.43. The third-order valence-electron chi connectivity index (χ3n) is 3.32. The molecule has 5 nitrogen and oxygen atoms in total. The summed E-state index contributed by atoms with van der Waals surface area (Å²) in [7, 11) is 1.67. The Morgan fingerprint density at radius 1 is 1.58 bits per heavy atom. The van der Waals surface area contributed by atoms with Gasteiger partial charge in [-0.2, -0.15) is 0 Å². The molecule has 106 valence electrons. The molecule has 0 aromatic carbocycles. The van der Waals surface area contributed by atoms with Crippen LogP contribution in [0.3, 0.4) is 0 Å². The smallest absolute Gasteiger partial charge is 0.255 e. The average molecular weight is 266 g/mol. The van der Waals surface area contributed by atoms with Crippen LogP contribution in [0, 0.1) is 0 Å². The lowest BCUT2D eigenvalue weighted by molar-refractivity contribution is 0.0961. The summed E-state index contributed by atoms with van der Waals surface area (Å²) in [5.41, 5.74) is 0.861. The van der Waals surface area contributed by atoms with Crippen molar-refractivity contribution in [3.63, 3.8) is 0 Å². The normalized spacial score (nSPS) is 18.9. The van der Waals surface area contributed by atoms with Crippen LogP contribution in [0.15, 0.2) is 23.1 Å². The Balaban J connectivity index is 1.94. The van der Waals surface area contributed by atoms with Gasteiger partial charge in [0.25, 0.3) is 5.56 Å². The van der Waals surface area contributed by atoms with E-state index in [1.807, 2.05) is 18.3 Å². The van der Waals surface area contributed by atoms with Gasteiger partial charge in [0.15, 0.2) is 0 Å². The minimum absolute atomic E-state index is 0.0721. The van der Waals surface area contributed by atoms with Gasteiger partial charge < -0.3 is 19.4 Å². The fourth-order valence-corrected chi connectivity index (χ4v) is 2.27. The van der Waals surface area contributed by atoms with Crippen LogP contribution in [0.25, 0.3) is 0 Å². The van der Waals surface area contributed by atoms with Gasteiger partial charge in [-0.25, -0.2) is 0 Å². The monoisotopic (exact) mass is 266 g/mol. The van der Waals surface area contributed by atoms with E-state index in [0.29, 0.717) is 19.7 Å². The van der Waals surface area contributed by atoms with E-state index in [9.17, 15) is 4.79 Å². The zero-order valence-electron chi connectivity index (χ0n) is 11.4. The molecule has 1 N–H and O–H groups in total. The molecule has 19 heavy (non-hydrogen) atoms. The Kier molecular flexibility index (Phi) is 5.57. The number of aromatic nitrogens is 1. The van der Waals surface area contributed by atoms with Crippen LogP contribution in [-0.2, 0) is 22.6 Å². The van der Waals surface area contributed by atoms with Gasteiger partial charge in [-0.05, 0) is 18.9 Å². The van der Waals surface area contributed by atoms with Crippen molar-refractivity contribution >= 4 is 0 Å². The van der Waals surface area contributed by atoms with Crippen LogP contribution in [0.1, 0.15) is 18.4 Å². The second-order valence-corrected chi connectivity index (χ2v) is 4.80. The highest BCUT2D eigenvalue weighted by molar-refractivity contribution is 5.10. The molecule has 0 radical (unpaired) electrons. The molecule has 1 saturated heterocycles. The van der Waals surface area contributed by atoms with Crippen molar-refractivity contribution in [2.45, 2.75) is 32.0 Å². The lowest BCUT2D eigenvalue weighted by Crippen LogP contribution is -2.30. The van der Waals surface area contributed by atoms with Crippen molar-refractivity contribution in [1.82, 2.24) is 9.88 Å². The maximum atomic E-state index is 12.3. The van der Waals surface area contributed by atoms with Gasteiger partial charge >= 0.3 is 0 Å². The van der Waals surface area contributed by atoms with Gasteiger partial charge in [0, 0.05) is 38.6 Å². The average Bonchev–Trinajstić information content (AvgIpc) is 2.91. The predicted octanol–water partition coefficient (Wildman–Crippen LogP) is 0.763. The first-order valence-corrected chi connectivity index (χ1v) is 6.81. The number of hydrogen-bond acceptors (Lipinski definition) is 4. The van der Waals surface area contributed by atoms with Crippen LogP contribution in [-0.4, -0.2) is 37.5 Å². The standard InChI is InChI=1S/C14H22N2O3/c1-18-9-6-15-10-12-4-2-7-16(14(12)17)11-13-5-3-8-19-13/h2,4,7,13,15H,3,5-6,8-11H2,1H3. The quantitative estimate of drug-likeness (QED) is 0.740. The summed E-state index contributed by atoms with van der Waals surface area (Å²) in [6.45, 7) is 3.45. The molecule has 0 bridgehead atoms. The lowest BCUT2D eigenvalue weighted by atomic mass is 10.2. The summed E-state index contributed by atoms with van der Waals surface area (Å²) in [4.78, 5) is 12.3. The van der Waals surface area contributed by atoms with Crippen LogP contribution >= 0.6 is 0 Å². The van der Waals surface area contributed by atoms with Crippen molar-refractivity contribution in [1.29, 1.82) is 0 Å². The molecule has 0 amide bonds. The van der Waals surface area contributed by atoms with Gasteiger partial charge in [0.2, 0.25) is 0 Å². The minimum atomic E-state index is 0.0721. The molecule has 1 unspecified atom stereocenters. The van der Waals surface area contributed by atoms with Gasteiger partial charge in [0.05, 0.1) is 19.3 Å². The van der Waals surface area contributed by atoms with Gasteiger partial charge in [0.1, 0.15) is 0 Å². The predicted molar refractivity (Wildman–Crippen MR) is 73.3 cm³/mol. The van der Waals surface area contributed by atoms with Crippen LogP contribution in [0.4, 0.5) is 0 Å². The van der Waals surface area contributed by atoms with Crippen LogP contribution in [0.5, 0.6) is 0 Å². The van der Waals surface area contributed by atoms with Gasteiger partial charge in [-0.15, -0.1) is 0 Å².